The number of nitrogens with zero attached hydrogens (tertiary/aromatic N) is 1. The van der Waals surface area contributed by atoms with Crippen molar-refractivity contribution in [2.24, 2.45) is 0 Å². The second-order valence-electron chi connectivity index (χ2n) is 12.8. The molecule has 0 radical (unpaired) electrons. The molecule has 0 aromatic carbocycles. The van der Waals surface area contributed by atoms with Crippen LogP contribution < -0.4 is 11.2 Å². The summed E-state index contributed by atoms with van der Waals surface area (Å²) in [5.41, 5.74) is -3.14. The molecule has 0 spiro atoms. The number of ketones is 1. The number of hydrogen-bond acceptors (Lipinski definition) is 7. The fourth-order valence-electron chi connectivity index (χ4n) is 3.63. The van der Waals surface area contributed by atoms with E-state index >= 15 is 0 Å². The van der Waals surface area contributed by atoms with Crippen LogP contribution in [0, 0.1) is 0 Å². The van der Waals surface area contributed by atoms with Gasteiger partial charge in [-0.2, -0.15) is 0 Å². The predicted octanol–water partition coefficient (Wildman–Crippen LogP) is 3.56. The van der Waals surface area contributed by atoms with Crippen molar-refractivity contribution in [1.82, 2.24) is 9.55 Å². The second-order valence-corrected chi connectivity index (χ2v) is 22.4. The summed E-state index contributed by atoms with van der Waals surface area (Å²) in [4.78, 5) is 38.9. The Morgan fingerprint density at radius 2 is 1.66 bits per heavy atom. The van der Waals surface area contributed by atoms with E-state index in [-0.39, 0.29) is 28.9 Å². The van der Waals surface area contributed by atoms with Crippen molar-refractivity contribution in [3.05, 3.63) is 33.1 Å². The molecule has 1 saturated heterocycles. The zero-order valence-corrected chi connectivity index (χ0v) is 25.1. The van der Waals surface area contributed by atoms with E-state index in [4.69, 9.17) is 13.6 Å². The Morgan fingerprint density at radius 1 is 1.11 bits per heavy atom. The summed E-state index contributed by atoms with van der Waals surface area (Å²) in [7, 11) is -4.64. The summed E-state index contributed by atoms with van der Waals surface area (Å²) >= 11 is 0. The Kier molecular flexibility index (Phi) is 8.38. The predicted molar refractivity (Wildman–Crippen MR) is 141 cm³/mol. The molecule has 0 bridgehead atoms. The lowest BCUT2D eigenvalue weighted by Gasteiger charge is -2.43. The third kappa shape index (κ3) is 6.31. The highest BCUT2D eigenvalue weighted by Crippen LogP contribution is 2.47. The first-order chi connectivity index (χ1) is 15.6. The van der Waals surface area contributed by atoms with Gasteiger partial charge in [-0.25, -0.2) is 4.79 Å². The van der Waals surface area contributed by atoms with Crippen molar-refractivity contribution in [3.63, 3.8) is 0 Å². The molecule has 2 rings (SSSR count). The largest absolute Gasteiger partial charge is 0.414 e. The number of Topliss-reactive ketones (excluding diaryl/α,β-unsaturated/α-hetero) is 1. The van der Waals surface area contributed by atoms with Gasteiger partial charge in [0.1, 0.15) is 23.6 Å². The normalized spacial score (nSPS) is 26.2. The van der Waals surface area contributed by atoms with Crippen LogP contribution >= 0.6 is 0 Å². The molecular weight excluding hydrogens is 484 g/mol. The summed E-state index contributed by atoms with van der Waals surface area (Å²) in [5.74, 6) is -0.270. The van der Waals surface area contributed by atoms with Gasteiger partial charge in [0, 0.05) is 18.7 Å². The monoisotopic (exact) mass is 528 g/mol. The lowest BCUT2D eigenvalue weighted by atomic mass is 9.89. The zero-order chi connectivity index (χ0) is 27.2. The summed E-state index contributed by atoms with van der Waals surface area (Å²) in [6, 6.07) is 1.18. The highest BCUT2D eigenvalue weighted by atomic mass is 28.4. The van der Waals surface area contributed by atoms with Gasteiger partial charge < -0.3 is 18.7 Å². The van der Waals surface area contributed by atoms with Crippen LogP contribution in [0.15, 0.2) is 21.9 Å². The van der Waals surface area contributed by atoms with Crippen molar-refractivity contribution in [2.45, 2.75) is 115 Å². The minimum Gasteiger partial charge on any atom is -0.414 e. The van der Waals surface area contributed by atoms with Crippen molar-refractivity contribution < 1.29 is 23.5 Å². The molecule has 2 heterocycles. The van der Waals surface area contributed by atoms with E-state index in [0.29, 0.717) is 0 Å². The maximum absolute atomic E-state index is 12.7. The Labute approximate surface area is 210 Å². The molecule has 11 heteroatoms. The number of ether oxygens (including phenoxy) is 1. The van der Waals surface area contributed by atoms with E-state index in [1.54, 1.807) is 0 Å². The highest BCUT2D eigenvalue weighted by molar-refractivity contribution is 6.74. The first-order valence-corrected chi connectivity index (χ1v) is 17.9. The first kappa shape index (κ1) is 29.9. The van der Waals surface area contributed by atoms with Gasteiger partial charge >= 0.3 is 5.69 Å². The Hall–Kier alpha value is -1.38. The molecule has 1 fully saturated rings. The lowest BCUT2D eigenvalue weighted by molar-refractivity contribution is -0.138. The summed E-state index contributed by atoms with van der Waals surface area (Å²) in [6.45, 7) is 22.6. The maximum atomic E-state index is 12.7. The third-order valence-corrected chi connectivity index (χ3v) is 16.8. The van der Waals surface area contributed by atoms with Crippen molar-refractivity contribution in [3.8, 4) is 0 Å². The fraction of sp³-hybridized carbons (Fsp3) is 0.792. The minimum absolute atomic E-state index is 0.0493. The molecule has 0 unspecified atom stereocenters. The molecule has 2 N–H and O–H groups in total. The van der Waals surface area contributed by atoms with E-state index in [2.05, 4.69) is 72.7 Å². The summed E-state index contributed by atoms with van der Waals surface area (Å²) in [6.07, 6.45) is -1.89. The molecule has 35 heavy (non-hydrogen) atoms. The molecule has 9 nitrogen and oxygen atoms in total. The molecule has 0 saturated carbocycles. The van der Waals surface area contributed by atoms with Crippen molar-refractivity contribution in [1.29, 1.82) is 0 Å². The van der Waals surface area contributed by atoms with Gasteiger partial charge in [-0.05, 0) is 43.2 Å². The average Bonchev–Trinajstić information content (AvgIpc) is 2.89. The van der Waals surface area contributed by atoms with Gasteiger partial charge in [-0.15, -0.1) is 0 Å². The number of aliphatic hydroxyl groups is 1. The Balaban J connectivity index is 2.62. The SMILES string of the molecule is CC(=O)C[C@]1(O)[C@@H](O[Si](C)(C)C(C)(C)C)[C@@H](CO[Si](C)(C)C(C)(C)C)O[C@H]1n1ccc(=O)[nH]c1=O. The molecule has 1 aliphatic rings. The first-order valence-electron chi connectivity index (χ1n) is 12.1. The van der Waals surface area contributed by atoms with E-state index in [0.717, 1.165) is 4.57 Å². The highest BCUT2D eigenvalue weighted by Gasteiger charge is 2.60. The van der Waals surface area contributed by atoms with Crippen molar-refractivity contribution in [2.75, 3.05) is 6.61 Å². The van der Waals surface area contributed by atoms with Crippen LogP contribution in [0.4, 0.5) is 0 Å². The number of H-pyrrole nitrogens is 1. The minimum atomic E-state index is -2.46. The van der Waals surface area contributed by atoms with Crippen LogP contribution in [0.25, 0.3) is 0 Å². The van der Waals surface area contributed by atoms with Gasteiger partial charge in [0.15, 0.2) is 22.9 Å². The quantitative estimate of drug-likeness (QED) is 0.495. The number of carbonyl (C=O) groups excluding carboxylic acids is 1. The molecule has 1 aliphatic heterocycles. The third-order valence-electron chi connectivity index (χ3n) is 7.84. The number of aromatic amines is 1. The van der Waals surface area contributed by atoms with E-state index in [9.17, 15) is 19.5 Å². The number of carbonyl (C=O) groups is 1. The van der Waals surface area contributed by atoms with Crippen LogP contribution in [-0.4, -0.2) is 61.5 Å². The van der Waals surface area contributed by atoms with Crippen LogP contribution in [0.2, 0.25) is 36.3 Å². The van der Waals surface area contributed by atoms with E-state index in [1.165, 1.54) is 19.2 Å². The van der Waals surface area contributed by atoms with Gasteiger partial charge in [0.05, 0.1) is 6.61 Å². The lowest BCUT2D eigenvalue weighted by Crippen LogP contribution is -2.57. The smallest absolute Gasteiger partial charge is 0.330 e. The van der Waals surface area contributed by atoms with Crippen molar-refractivity contribution >= 4 is 22.4 Å². The number of hydrogen-bond donors (Lipinski definition) is 2. The average molecular weight is 529 g/mol. The number of aromatic nitrogens is 2. The molecule has 1 aromatic heterocycles. The Bertz CT molecular complexity index is 1040. The van der Waals surface area contributed by atoms with Crippen LogP contribution in [0.1, 0.15) is 61.1 Å². The summed E-state index contributed by atoms with van der Waals surface area (Å²) < 4.78 is 20.6. The number of nitrogens with one attached hydrogen (secondary N) is 1. The molecule has 200 valence electrons. The standard InChI is InChI=1S/C24H44N2O7Si2/c1-16(27)14-24(30)19(33-35(10,11)23(5,6)7)17(15-31-34(8,9)22(2,3)4)32-20(24)26-13-12-18(28)25-21(26)29/h12-13,17,19-20,30H,14-15H2,1-11H3,(H,25,28,29)/t17-,19+,20-,24+/m1/s1. The topological polar surface area (TPSA) is 120 Å². The van der Waals surface area contributed by atoms with Gasteiger partial charge in [-0.3, -0.25) is 19.1 Å². The van der Waals surface area contributed by atoms with Gasteiger partial charge in [-0.1, -0.05) is 41.5 Å². The maximum Gasteiger partial charge on any atom is 0.330 e. The van der Waals surface area contributed by atoms with Crippen LogP contribution in [0.3, 0.4) is 0 Å². The molecule has 0 aliphatic carbocycles. The van der Waals surface area contributed by atoms with Crippen LogP contribution in [0.5, 0.6) is 0 Å². The van der Waals surface area contributed by atoms with Gasteiger partial charge in [0.2, 0.25) is 0 Å². The molecule has 1 aromatic rings. The molecule has 0 amide bonds. The van der Waals surface area contributed by atoms with E-state index in [1.807, 2.05) is 0 Å². The second kappa shape index (κ2) is 9.83. The summed E-state index contributed by atoms with van der Waals surface area (Å²) in [5, 5.41) is 11.8. The van der Waals surface area contributed by atoms with Crippen LogP contribution in [-0.2, 0) is 18.4 Å². The molecular formula is C24H44N2O7Si2. The van der Waals surface area contributed by atoms with E-state index < -0.39 is 51.9 Å². The van der Waals surface area contributed by atoms with Gasteiger partial charge in [0.25, 0.3) is 5.56 Å². The zero-order valence-electron chi connectivity index (χ0n) is 23.1. The number of rotatable bonds is 8. The molecule has 4 atom stereocenters. The Morgan fingerprint density at radius 3 is 2.11 bits per heavy atom. The fourth-order valence-corrected chi connectivity index (χ4v) is 5.99.